The minimum Gasteiger partial charge on any atom is -0.267 e. The summed E-state index contributed by atoms with van der Waals surface area (Å²) in [6.45, 7) is 0. The maximum Gasteiger partial charge on any atom is 0.270 e. The molecule has 0 aliphatic heterocycles. The van der Waals surface area contributed by atoms with Crippen LogP contribution in [0.2, 0.25) is 5.02 Å². The number of rotatable bonds is 2. The van der Waals surface area contributed by atoms with Crippen molar-refractivity contribution in [1.82, 2.24) is 10.9 Å². The summed E-state index contributed by atoms with van der Waals surface area (Å²) in [5, 5.41) is 0.499. The summed E-state index contributed by atoms with van der Waals surface area (Å²) in [7, 11) is 0. The molecule has 0 fully saturated rings. The first-order valence-electron chi connectivity index (χ1n) is 5.78. The summed E-state index contributed by atoms with van der Waals surface area (Å²) in [6, 6.07) is 9.83. The molecule has 0 atom stereocenters. The van der Waals surface area contributed by atoms with Gasteiger partial charge in [-0.05, 0) is 58.4 Å². The van der Waals surface area contributed by atoms with E-state index in [1.807, 2.05) is 0 Å². The second-order valence-corrected chi connectivity index (χ2v) is 5.33. The van der Waals surface area contributed by atoms with Gasteiger partial charge < -0.3 is 0 Å². The maximum atomic E-state index is 13.1. The van der Waals surface area contributed by atoms with E-state index in [1.165, 1.54) is 24.3 Å². The Bertz CT molecular complexity index is 692. The van der Waals surface area contributed by atoms with Crippen molar-refractivity contribution in [2.75, 3.05) is 0 Å². The lowest BCUT2D eigenvalue weighted by Gasteiger charge is -2.08. The summed E-state index contributed by atoms with van der Waals surface area (Å²) in [4.78, 5) is 23.7. The summed E-state index contributed by atoms with van der Waals surface area (Å²) in [5.41, 5.74) is 4.86. The predicted octanol–water partition coefficient (Wildman–Crippen LogP) is 3.32. The Morgan fingerprint density at radius 1 is 1.00 bits per heavy atom. The molecule has 0 heterocycles. The van der Waals surface area contributed by atoms with Gasteiger partial charge in [-0.1, -0.05) is 11.6 Å². The fourth-order valence-electron chi connectivity index (χ4n) is 1.53. The molecule has 108 valence electrons. The molecule has 0 saturated heterocycles. The molecule has 0 aromatic heterocycles. The average Bonchev–Trinajstić information content (AvgIpc) is 2.47. The van der Waals surface area contributed by atoms with Crippen LogP contribution in [0, 0.1) is 5.82 Å². The number of carbonyl (C=O) groups excluding carboxylic acids is 2. The lowest BCUT2D eigenvalue weighted by molar-refractivity contribution is 0.0846. The van der Waals surface area contributed by atoms with Crippen molar-refractivity contribution in [1.29, 1.82) is 0 Å². The average molecular weight is 372 g/mol. The topological polar surface area (TPSA) is 58.2 Å². The zero-order valence-electron chi connectivity index (χ0n) is 10.5. The molecule has 0 spiro atoms. The van der Waals surface area contributed by atoms with Gasteiger partial charge in [-0.3, -0.25) is 20.4 Å². The van der Waals surface area contributed by atoms with Crippen LogP contribution in [0.3, 0.4) is 0 Å². The number of halogens is 3. The van der Waals surface area contributed by atoms with Crippen LogP contribution in [-0.2, 0) is 0 Å². The molecule has 2 aromatic carbocycles. The Morgan fingerprint density at radius 2 is 1.62 bits per heavy atom. The Balaban J connectivity index is 2.02. The third-order valence-corrected chi connectivity index (χ3v) is 3.51. The molecule has 2 amide bonds. The predicted molar refractivity (Wildman–Crippen MR) is 80.5 cm³/mol. The first-order valence-corrected chi connectivity index (χ1v) is 6.96. The first-order chi connectivity index (χ1) is 9.97. The van der Waals surface area contributed by atoms with Crippen LogP contribution in [-0.4, -0.2) is 11.8 Å². The molecule has 21 heavy (non-hydrogen) atoms. The van der Waals surface area contributed by atoms with Gasteiger partial charge in [-0.15, -0.1) is 0 Å². The van der Waals surface area contributed by atoms with Crippen molar-refractivity contribution in [2.45, 2.75) is 0 Å². The third-order valence-electron chi connectivity index (χ3n) is 2.57. The Kier molecular flexibility index (Phi) is 4.93. The molecule has 0 saturated carbocycles. The van der Waals surface area contributed by atoms with Crippen LogP contribution in [0.15, 0.2) is 46.9 Å². The number of hydrogen-bond donors (Lipinski definition) is 2. The van der Waals surface area contributed by atoms with Gasteiger partial charge in [0.2, 0.25) is 0 Å². The van der Waals surface area contributed by atoms with E-state index in [0.29, 0.717) is 15.1 Å². The lowest BCUT2D eigenvalue weighted by Crippen LogP contribution is -2.41. The molecule has 2 rings (SSSR count). The number of hydrogen-bond acceptors (Lipinski definition) is 2. The van der Waals surface area contributed by atoms with Gasteiger partial charge in [0.25, 0.3) is 11.8 Å². The normalized spacial score (nSPS) is 10.0. The number of carbonyl (C=O) groups is 2. The van der Waals surface area contributed by atoms with Crippen molar-refractivity contribution in [2.24, 2.45) is 0 Å². The molecule has 7 heteroatoms. The van der Waals surface area contributed by atoms with E-state index in [0.717, 1.165) is 6.07 Å². The number of hydrazine groups is 1. The zero-order valence-corrected chi connectivity index (χ0v) is 12.8. The third kappa shape index (κ3) is 4.03. The zero-order chi connectivity index (χ0) is 15.4. The second-order valence-electron chi connectivity index (χ2n) is 4.04. The molecule has 2 aromatic rings. The second kappa shape index (κ2) is 6.69. The number of amides is 2. The van der Waals surface area contributed by atoms with E-state index in [2.05, 4.69) is 26.8 Å². The Hall–Kier alpha value is -1.92. The summed E-state index contributed by atoms with van der Waals surface area (Å²) in [5.74, 6) is -1.69. The van der Waals surface area contributed by atoms with Crippen molar-refractivity contribution < 1.29 is 14.0 Å². The van der Waals surface area contributed by atoms with Crippen molar-refractivity contribution in [3.05, 3.63) is 68.9 Å². The molecule has 0 aliphatic carbocycles. The fraction of sp³-hybridized carbons (Fsp3) is 0. The highest BCUT2D eigenvalue weighted by atomic mass is 79.9. The minimum absolute atomic E-state index is 0.0754. The van der Waals surface area contributed by atoms with Gasteiger partial charge in [0, 0.05) is 15.1 Å². The van der Waals surface area contributed by atoms with Crippen LogP contribution in [0.4, 0.5) is 4.39 Å². The van der Waals surface area contributed by atoms with E-state index >= 15 is 0 Å². The highest BCUT2D eigenvalue weighted by Crippen LogP contribution is 2.17. The van der Waals surface area contributed by atoms with Crippen LogP contribution < -0.4 is 10.9 Å². The fourth-order valence-corrected chi connectivity index (χ4v) is 2.08. The van der Waals surface area contributed by atoms with E-state index in [-0.39, 0.29) is 5.56 Å². The largest absolute Gasteiger partial charge is 0.270 e. The monoisotopic (exact) mass is 370 g/mol. The lowest BCUT2D eigenvalue weighted by atomic mass is 10.2. The minimum atomic E-state index is -0.635. The SMILES string of the molecule is O=C(NNC(=O)c1cc(F)ccc1Br)c1ccc(Cl)cc1. The number of benzene rings is 2. The molecule has 0 aliphatic rings. The van der Waals surface area contributed by atoms with Crippen LogP contribution in [0.25, 0.3) is 0 Å². The first kappa shape index (κ1) is 15.5. The van der Waals surface area contributed by atoms with Gasteiger partial charge >= 0.3 is 0 Å². The Morgan fingerprint density at radius 3 is 2.29 bits per heavy atom. The van der Waals surface area contributed by atoms with Gasteiger partial charge in [0.15, 0.2) is 0 Å². The van der Waals surface area contributed by atoms with Crippen molar-refractivity contribution in [3.8, 4) is 0 Å². The van der Waals surface area contributed by atoms with Crippen LogP contribution in [0.5, 0.6) is 0 Å². The molecule has 2 N–H and O–H groups in total. The van der Waals surface area contributed by atoms with Gasteiger partial charge in [0.05, 0.1) is 5.56 Å². The van der Waals surface area contributed by atoms with Gasteiger partial charge in [0.1, 0.15) is 5.82 Å². The smallest absolute Gasteiger partial charge is 0.267 e. The quantitative estimate of drug-likeness (QED) is 0.796. The maximum absolute atomic E-state index is 13.1. The van der Waals surface area contributed by atoms with Gasteiger partial charge in [-0.25, -0.2) is 4.39 Å². The van der Waals surface area contributed by atoms with E-state index < -0.39 is 17.6 Å². The summed E-state index contributed by atoms with van der Waals surface area (Å²) >= 11 is 8.85. The highest BCUT2D eigenvalue weighted by Gasteiger charge is 2.12. The van der Waals surface area contributed by atoms with Crippen LogP contribution >= 0.6 is 27.5 Å². The molecule has 0 radical (unpaired) electrons. The Labute approximate surface area is 133 Å². The molecule has 0 unspecified atom stereocenters. The molecule has 4 nitrogen and oxygen atoms in total. The standard InChI is InChI=1S/C14H9BrClFN2O2/c15-12-6-5-10(17)7-11(12)14(21)19-18-13(20)8-1-3-9(16)4-2-8/h1-7H,(H,18,20)(H,19,21). The summed E-state index contributed by atoms with van der Waals surface area (Å²) < 4.78 is 13.5. The van der Waals surface area contributed by atoms with E-state index in [1.54, 1.807) is 12.1 Å². The molecular formula is C14H9BrClFN2O2. The number of nitrogens with one attached hydrogen (secondary N) is 2. The highest BCUT2D eigenvalue weighted by molar-refractivity contribution is 9.10. The van der Waals surface area contributed by atoms with Gasteiger partial charge in [-0.2, -0.15) is 0 Å². The van der Waals surface area contributed by atoms with Crippen LogP contribution in [0.1, 0.15) is 20.7 Å². The molecule has 0 bridgehead atoms. The summed E-state index contributed by atoms with van der Waals surface area (Å²) in [6.07, 6.45) is 0. The van der Waals surface area contributed by atoms with E-state index in [9.17, 15) is 14.0 Å². The molecular weight excluding hydrogens is 363 g/mol. The van der Waals surface area contributed by atoms with Crippen molar-refractivity contribution >= 4 is 39.3 Å². The van der Waals surface area contributed by atoms with E-state index in [4.69, 9.17) is 11.6 Å². The van der Waals surface area contributed by atoms with Crippen molar-refractivity contribution in [3.63, 3.8) is 0 Å².